The first kappa shape index (κ1) is 15.9. The number of benzene rings is 1. The summed E-state index contributed by atoms with van der Waals surface area (Å²) in [5.41, 5.74) is -0.823. The Morgan fingerprint density at radius 3 is 2.52 bits per heavy atom. The van der Waals surface area contributed by atoms with Gasteiger partial charge in [0, 0.05) is 5.54 Å². The van der Waals surface area contributed by atoms with Gasteiger partial charge >= 0.3 is 5.97 Å². The highest BCUT2D eigenvalue weighted by molar-refractivity contribution is 7.89. The van der Waals surface area contributed by atoms with E-state index in [1.807, 2.05) is 0 Å². The van der Waals surface area contributed by atoms with Crippen LogP contribution in [-0.2, 0) is 14.8 Å². The molecular weight excluding hydrogens is 297 g/mol. The van der Waals surface area contributed by atoms with Crippen LogP contribution in [0.5, 0.6) is 0 Å². The summed E-state index contributed by atoms with van der Waals surface area (Å²) in [7, 11) is -2.88. The van der Waals surface area contributed by atoms with Crippen LogP contribution in [0, 0.1) is 11.7 Å². The average Bonchev–Trinajstić information content (AvgIpc) is 3.21. The van der Waals surface area contributed by atoms with E-state index in [9.17, 15) is 17.6 Å². The first-order valence-electron chi connectivity index (χ1n) is 6.59. The lowest BCUT2D eigenvalue weighted by atomic mass is 10.0. The number of esters is 1. The number of nitrogens with one attached hydrogen (secondary N) is 1. The van der Waals surface area contributed by atoms with Crippen LogP contribution in [0.25, 0.3) is 0 Å². The van der Waals surface area contributed by atoms with Crippen molar-refractivity contribution in [3.8, 4) is 0 Å². The summed E-state index contributed by atoms with van der Waals surface area (Å²) in [6, 6.07) is 2.97. The van der Waals surface area contributed by atoms with E-state index in [0.29, 0.717) is 0 Å². The summed E-state index contributed by atoms with van der Waals surface area (Å²) in [6.07, 6.45) is 1.89. The van der Waals surface area contributed by atoms with Gasteiger partial charge in [-0.25, -0.2) is 22.3 Å². The number of methoxy groups -OCH3 is 1. The van der Waals surface area contributed by atoms with Crippen molar-refractivity contribution in [1.82, 2.24) is 4.72 Å². The molecule has 0 spiro atoms. The van der Waals surface area contributed by atoms with Gasteiger partial charge in [0.1, 0.15) is 5.82 Å². The monoisotopic (exact) mass is 315 g/mol. The van der Waals surface area contributed by atoms with Crippen LogP contribution >= 0.6 is 0 Å². The number of hydrogen-bond donors (Lipinski definition) is 1. The van der Waals surface area contributed by atoms with E-state index in [1.165, 1.54) is 0 Å². The van der Waals surface area contributed by atoms with Gasteiger partial charge in [-0.3, -0.25) is 0 Å². The van der Waals surface area contributed by atoms with E-state index in [1.54, 1.807) is 13.8 Å². The van der Waals surface area contributed by atoms with E-state index in [-0.39, 0.29) is 11.5 Å². The Labute approximate surface area is 123 Å². The minimum atomic E-state index is -4.02. The van der Waals surface area contributed by atoms with Gasteiger partial charge in [-0.05, 0) is 50.8 Å². The predicted molar refractivity (Wildman–Crippen MR) is 74.9 cm³/mol. The fraction of sp³-hybridized carbons (Fsp3) is 0.500. The third kappa shape index (κ3) is 3.41. The molecule has 0 amide bonds. The number of carbonyl (C=O) groups excluding carboxylic acids is 1. The van der Waals surface area contributed by atoms with E-state index in [0.717, 1.165) is 38.2 Å². The van der Waals surface area contributed by atoms with Gasteiger partial charge in [0.15, 0.2) is 0 Å². The fourth-order valence-corrected chi connectivity index (χ4v) is 3.96. The zero-order chi connectivity index (χ0) is 15.8. The first-order valence-corrected chi connectivity index (χ1v) is 8.07. The lowest BCUT2D eigenvalue weighted by Gasteiger charge is -2.26. The lowest BCUT2D eigenvalue weighted by Crippen LogP contribution is -2.45. The highest BCUT2D eigenvalue weighted by Crippen LogP contribution is 2.40. The highest BCUT2D eigenvalue weighted by Gasteiger charge is 2.41. The van der Waals surface area contributed by atoms with Crippen LogP contribution in [0.3, 0.4) is 0 Å². The molecule has 1 aliphatic rings. The Morgan fingerprint density at radius 1 is 1.38 bits per heavy atom. The molecule has 0 bridgehead atoms. The zero-order valence-corrected chi connectivity index (χ0v) is 13.0. The van der Waals surface area contributed by atoms with Crippen molar-refractivity contribution >= 4 is 16.0 Å². The van der Waals surface area contributed by atoms with Crippen molar-refractivity contribution in [1.29, 1.82) is 0 Å². The van der Waals surface area contributed by atoms with E-state index in [4.69, 9.17) is 0 Å². The smallest absolute Gasteiger partial charge is 0.339 e. The summed E-state index contributed by atoms with van der Waals surface area (Å²) >= 11 is 0. The molecule has 1 aromatic carbocycles. The largest absolute Gasteiger partial charge is 0.465 e. The second-order valence-corrected chi connectivity index (χ2v) is 7.38. The second kappa shape index (κ2) is 5.38. The Hall–Kier alpha value is -1.47. The normalized spacial score (nSPS) is 15.8. The van der Waals surface area contributed by atoms with Crippen LogP contribution < -0.4 is 4.72 Å². The molecule has 0 aromatic heterocycles. The van der Waals surface area contributed by atoms with Crippen molar-refractivity contribution in [2.45, 2.75) is 37.1 Å². The van der Waals surface area contributed by atoms with Crippen LogP contribution in [-0.4, -0.2) is 27.0 Å². The van der Waals surface area contributed by atoms with Gasteiger partial charge in [0.05, 0.1) is 17.6 Å². The molecule has 21 heavy (non-hydrogen) atoms. The first-order chi connectivity index (χ1) is 9.67. The maximum atomic E-state index is 13.4. The van der Waals surface area contributed by atoms with Crippen molar-refractivity contribution in [3.63, 3.8) is 0 Å². The number of halogens is 1. The summed E-state index contributed by atoms with van der Waals surface area (Å²) in [4.78, 5) is 11.3. The predicted octanol–water partition coefficient (Wildman–Crippen LogP) is 2.08. The summed E-state index contributed by atoms with van der Waals surface area (Å²) in [5.74, 6) is -1.30. The molecule has 0 aliphatic heterocycles. The number of sulfonamides is 1. The fourth-order valence-electron chi connectivity index (χ4n) is 2.29. The van der Waals surface area contributed by atoms with Crippen molar-refractivity contribution < 1.29 is 22.3 Å². The Balaban J connectivity index is 2.43. The number of ether oxygens (including phenoxy) is 1. The molecule has 1 aliphatic carbocycles. The summed E-state index contributed by atoms with van der Waals surface area (Å²) in [5, 5.41) is 0. The van der Waals surface area contributed by atoms with Crippen molar-refractivity contribution in [3.05, 3.63) is 29.6 Å². The van der Waals surface area contributed by atoms with Gasteiger partial charge < -0.3 is 4.74 Å². The van der Waals surface area contributed by atoms with Crippen molar-refractivity contribution in [2.24, 2.45) is 5.92 Å². The summed E-state index contributed by atoms with van der Waals surface area (Å²) in [6.45, 7) is 3.55. The Bertz CT molecular complexity index is 666. The molecule has 116 valence electrons. The molecule has 1 fully saturated rings. The maximum Gasteiger partial charge on any atom is 0.339 e. The minimum Gasteiger partial charge on any atom is -0.465 e. The SMILES string of the molecule is COC(=O)c1ccc(F)cc1S(=O)(=O)NC(C)(C)C1CC1. The molecule has 0 saturated heterocycles. The van der Waals surface area contributed by atoms with Crippen LogP contribution in [0.15, 0.2) is 23.1 Å². The van der Waals surface area contributed by atoms with E-state index >= 15 is 0 Å². The highest BCUT2D eigenvalue weighted by atomic mass is 32.2. The van der Waals surface area contributed by atoms with Crippen LogP contribution in [0.2, 0.25) is 0 Å². The van der Waals surface area contributed by atoms with Gasteiger partial charge in [-0.15, -0.1) is 0 Å². The average molecular weight is 315 g/mol. The molecule has 1 saturated carbocycles. The van der Waals surface area contributed by atoms with Crippen LogP contribution in [0.1, 0.15) is 37.0 Å². The Morgan fingerprint density at radius 2 is 2.00 bits per heavy atom. The number of carbonyl (C=O) groups is 1. The maximum absolute atomic E-state index is 13.4. The number of rotatable bonds is 5. The van der Waals surface area contributed by atoms with Gasteiger partial charge in [0.2, 0.25) is 10.0 Å². The number of hydrogen-bond acceptors (Lipinski definition) is 4. The topological polar surface area (TPSA) is 72.5 Å². The molecule has 1 aromatic rings. The minimum absolute atomic E-state index is 0.182. The van der Waals surface area contributed by atoms with Gasteiger partial charge in [0.25, 0.3) is 0 Å². The standard InChI is InChI=1S/C14H18FNO4S/c1-14(2,9-4-5-9)16-21(18,19)12-8-10(15)6-7-11(12)13(17)20-3/h6-9,16H,4-5H2,1-3H3. The summed E-state index contributed by atoms with van der Waals surface area (Å²) < 4.78 is 45.5. The Kier molecular flexibility index (Phi) is 4.08. The van der Waals surface area contributed by atoms with Crippen molar-refractivity contribution in [2.75, 3.05) is 7.11 Å². The second-order valence-electron chi connectivity index (χ2n) is 5.73. The lowest BCUT2D eigenvalue weighted by molar-refractivity contribution is 0.0596. The molecule has 1 N–H and O–H groups in total. The van der Waals surface area contributed by atoms with E-state index < -0.39 is 32.2 Å². The van der Waals surface area contributed by atoms with Gasteiger partial charge in [-0.1, -0.05) is 0 Å². The molecule has 0 unspecified atom stereocenters. The molecule has 7 heteroatoms. The molecule has 5 nitrogen and oxygen atoms in total. The molecule has 2 rings (SSSR count). The van der Waals surface area contributed by atoms with Gasteiger partial charge in [-0.2, -0.15) is 0 Å². The zero-order valence-electron chi connectivity index (χ0n) is 12.1. The quantitative estimate of drug-likeness (QED) is 0.844. The third-order valence-electron chi connectivity index (χ3n) is 3.63. The van der Waals surface area contributed by atoms with E-state index in [2.05, 4.69) is 9.46 Å². The molecule has 0 atom stereocenters. The molecule has 0 heterocycles. The molecular formula is C14H18FNO4S. The third-order valence-corrected chi connectivity index (χ3v) is 5.35. The molecule has 0 radical (unpaired) electrons. The van der Waals surface area contributed by atoms with Crippen LogP contribution in [0.4, 0.5) is 4.39 Å².